The third-order valence-corrected chi connectivity index (χ3v) is 12.5. The van der Waals surface area contributed by atoms with E-state index in [-0.39, 0.29) is 24.0 Å². The Balaban J connectivity index is 2.17. The van der Waals surface area contributed by atoms with E-state index in [4.69, 9.17) is 9.47 Å². The van der Waals surface area contributed by atoms with E-state index in [2.05, 4.69) is 59.7 Å². The molecule has 0 aliphatic rings. The molecule has 0 aromatic carbocycles. The Kier molecular flexibility index (Phi) is 42.8. The fraction of sp³-hybridized carbons (Fsp3) is 0.836. The molecule has 0 fully saturated rings. The third kappa shape index (κ3) is 40.8. The maximum Gasteiger partial charge on any atom is 0.305 e. The molecule has 1 N–H and O–H groups in total. The highest BCUT2D eigenvalue weighted by Crippen LogP contribution is 2.21. The number of carbonyl (C=O) groups excluding carboxylic acids is 2. The summed E-state index contributed by atoms with van der Waals surface area (Å²) in [5, 5.41) is 11.3. The van der Waals surface area contributed by atoms with Gasteiger partial charge in [0.05, 0.1) is 25.6 Å². The largest absolute Gasteiger partial charge is 0.466 e. The lowest BCUT2D eigenvalue weighted by Crippen LogP contribution is -2.34. The predicted molar refractivity (Wildman–Crippen MR) is 267 cm³/mol. The Hall–Kier alpha value is -2.45. The fourth-order valence-corrected chi connectivity index (χ4v) is 8.41. The van der Waals surface area contributed by atoms with Crippen molar-refractivity contribution in [3.8, 4) is 0 Å². The topological polar surface area (TPSA) is 93.9 Å². The second-order valence-corrected chi connectivity index (χ2v) is 18.7. The van der Waals surface area contributed by atoms with Crippen molar-refractivity contribution in [3.63, 3.8) is 0 Å². The van der Waals surface area contributed by atoms with Crippen LogP contribution in [-0.4, -0.2) is 71.0 Å². The van der Waals surface area contributed by atoms with E-state index in [1.165, 1.54) is 141 Å². The number of hydrogen-bond donors (Lipinski definition) is 1. The van der Waals surface area contributed by atoms with Gasteiger partial charge in [0, 0.05) is 38.3 Å². The molecule has 366 valence electrons. The monoisotopic (exact) mass is 884 g/mol. The van der Waals surface area contributed by atoms with E-state index in [1.54, 1.807) is 0 Å². The Morgan fingerprint density at radius 1 is 0.571 bits per heavy atom. The number of aryl methyl sites for hydroxylation is 1. The van der Waals surface area contributed by atoms with Gasteiger partial charge in [0.1, 0.15) is 0 Å². The first-order chi connectivity index (χ1) is 31.0. The second-order valence-electron chi connectivity index (χ2n) is 18.7. The minimum atomic E-state index is -0.381. The minimum absolute atomic E-state index is 0.0717. The zero-order valence-electron chi connectivity index (χ0n) is 41.6. The van der Waals surface area contributed by atoms with Crippen molar-refractivity contribution in [1.82, 2.24) is 14.5 Å². The van der Waals surface area contributed by atoms with Crippen molar-refractivity contribution in [2.75, 3.05) is 33.4 Å². The number of aliphatic hydroxyl groups excluding tert-OH is 1. The first-order valence-electron chi connectivity index (χ1n) is 26.9. The number of aliphatic hydroxyl groups is 1. The summed E-state index contributed by atoms with van der Waals surface area (Å²) < 4.78 is 13.2. The van der Waals surface area contributed by atoms with Gasteiger partial charge in [-0.25, -0.2) is 4.98 Å². The van der Waals surface area contributed by atoms with Gasteiger partial charge in [-0.2, -0.15) is 0 Å². The highest BCUT2D eigenvalue weighted by molar-refractivity contribution is 5.69. The van der Waals surface area contributed by atoms with Gasteiger partial charge in [0.2, 0.25) is 0 Å². The number of nitrogens with zero attached hydrogens (tertiary/aromatic N) is 3. The van der Waals surface area contributed by atoms with E-state index >= 15 is 0 Å². The number of carbonyl (C=O) groups is 2. The standard InChI is InChI=1S/C55H101N3O5/c1-4-6-8-10-12-14-16-18-20-22-24-26-28-30-34-42-54(60)62-48-37-32-33-41-53(59)52(50-57(3)45-39-46-58-47-44-56-51-58)40-36-38-49-63-55(61)43-35-31-29-27-25-23-21-19-17-15-13-11-9-7-5-2/h18-21,44,47,51-53,59H,4-17,22-43,45-46,48-50H2,1-3H3/b20-18-,21-19-. The summed E-state index contributed by atoms with van der Waals surface area (Å²) in [6.07, 6.45) is 55.4. The molecule has 0 aliphatic heterocycles. The maximum absolute atomic E-state index is 12.4. The molecular formula is C55H101N3O5. The molecule has 0 radical (unpaired) electrons. The molecule has 1 aromatic rings. The maximum atomic E-state index is 12.4. The third-order valence-electron chi connectivity index (χ3n) is 12.5. The van der Waals surface area contributed by atoms with Crippen molar-refractivity contribution in [3.05, 3.63) is 43.0 Å². The van der Waals surface area contributed by atoms with Gasteiger partial charge in [0.15, 0.2) is 0 Å². The first-order valence-corrected chi connectivity index (χ1v) is 26.9. The van der Waals surface area contributed by atoms with Crippen molar-refractivity contribution in [2.24, 2.45) is 5.92 Å². The molecule has 0 saturated heterocycles. The van der Waals surface area contributed by atoms with E-state index in [9.17, 15) is 14.7 Å². The van der Waals surface area contributed by atoms with Crippen LogP contribution in [0.3, 0.4) is 0 Å². The van der Waals surface area contributed by atoms with Crippen LogP contribution >= 0.6 is 0 Å². The number of unbranched alkanes of at least 4 members (excludes halogenated alkanes) is 25. The van der Waals surface area contributed by atoms with E-state index in [0.29, 0.717) is 26.1 Å². The number of rotatable bonds is 48. The van der Waals surface area contributed by atoms with E-state index in [1.807, 2.05) is 18.7 Å². The van der Waals surface area contributed by atoms with Gasteiger partial charge in [-0.1, -0.05) is 147 Å². The molecule has 0 amide bonds. The number of allylic oxidation sites excluding steroid dienone is 4. The smallest absolute Gasteiger partial charge is 0.305 e. The van der Waals surface area contributed by atoms with Crippen LogP contribution in [0.15, 0.2) is 43.0 Å². The highest BCUT2D eigenvalue weighted by Gasteiger charge is 2.21. The summed E-state index contributed by atoms with van der Waals surface area (Å²) in [4.78, 5) is 31.2. The van der Waals surface area contributed by atoms with Crippen LogP contribution in [0.1, 0.15) is 245 Å². The van der Waals surface area contributed by atoms with Gasteiger partial charge in [0.25, 0.3) is 0 Å². The normalized spacial score (nSPS) is 12.8. The van der Waals surface area contributed by atoms with Gasteiger partial charge in [-0.05, 0) is 129 Å². The molecule has 0 saturated carbocycles. The fourth-order valence-electron chi connectivity index (χ4n) is 8.41. The number of ether oxygens (including phenoxy) is 2. The van der Waals surface area contributed by atoms with Crippen LogP contribution in [-0.2, 0) is 25.6 Å². The quantitative estimate of drug-likeness (QED) is 0.0396. The summed E-state index contributed by atoms with van der Waals surface area (Å²) in [5.74, 6) is 0.0204. The molecule has 1 aromatic heterocycles. The number of aromatic nitrogens is 2. The molecule has 0 aliphatic carbocycles. The summed E-state index contributed by atoms with van der Waals surface area (Å²) in [7, 11) is 2.15. The van der Waals surface area contributed by atoms with Gasteiger partial charge < -0.3 is 24.0 Å². The Bertz CT molecular complexity index is 1170. The Labute approximate surface area is 389 Å². The number of esters is 2. The van der Waals surface area contributed by atoms with Crippen LogP contribution in [0.5, 0.6) is 0 Å². The number of imidazole rings is 1. The average Bonchev–Trinajstić information content (AvgIpc) is 3.80. The first kappa shape index (κ1) is 58.6. The lowest BCUT2D eigenvalue weighted by atomic mass is 9.91. The number of hydrogen-bond acceptors (Lipinski definition) is 7. The van der Waals surface area contributed by atoms with Crippen molar-refractivity contribution in [1.29, 1.82) is 0 Å². The van der Waals surface area contributed by atoms with Crippen molar-refractivity contribution >= 4 is 11.9 Å². The van der Waals surface area contributed by atoms with Crippen LogP contribution in [0.25, 0.3) is 0 Å². The Morgan fingerprint density at radius 2 is 1.00 bits per heavy atom. The SMILES string of the molecule is CCCCCCCC/C=C\CCCCCCCC(=O)OCCCCCC(O)C(CCCCOC(=O)CCCCCCC/C=C\CCCCCCCC)CN(C)CCCn1ccnc1. The summed E-state index contributed by atoms with van der Waals surface area (Å²) >= 11 is 0. The molecule has 2 atom stereocenters. The van der Waals surface area contributed by atoms with Crippen LogP contribution in [0.4, 0.5) is 0 Å². The second kappa shape index (κ2) is 46.1. The molecule has 8 nitrogen and oxygen atoms in total. The van der Waals surface area contributed by atoms with Gasteiger partial charge in [-0.3, -0.25) is 9.59 Å². The summed E-state index contributed by atoms with van der Waals surface area (Å²) in [6, 6.07) is 0. The molecule has 1 heterocycles. The van der Waals surface area contributed by atoms with Crippen molar-refractivity contribution in [2.45, 2.75) is 258 Å². The van der Waals surface area contributed by atoms with Crippen LogP contribution in [0, 0.1) is 5.92 Å². The Morgan fingerprint density at radius 3 is 1.48 bits per heavy atom. The minimum Gasteiger partial charge on any atom is -0.466 e. The van der Waals surface area contributed by atoms with Crippen LogP contribution < -0.4 is 0 Å². The van der Waals surface area contributed by atoms with E-state index in [0.717, 1.165) is 96.7 Å². The van der Waals surface area contributed by atoms with E-state index < -0.39 is 0 Å². The zero-order valence-corrected chi connectivity index (χ0v) is 41.6. The van der Waals surface area contributed by atoms with Crippen molar-refractivity contribution < 1.29 is 24.2 Å². The molecule has 1 rings (SSSR count). The lowest BCUT2D eigenvalue weighted by molar-refractivity contribution is -0.144. The molecular weight excluding hydrogens is 783 g/mol. The zero-order chi connectivity index (χ0) is 45.5. The van der Waals surface area contributed by atoms with Gasteiger partial charge in [-0.15, -0.1) is 0 Å². The van der Waals surface area contributed by atoms with Crippen LogP contribution in [0.2, 0.25) is 0 Å². The molecule has 2 unspecified atom stereocenters. The molecule has 8 heteroatoms. The molecule has 63 heavy (non-hydrogen) atoms. The lowest BCUT2D eigenvalue weighted by Gasteiger charge is -2.28. The molecule has 0 bridgehead atoms. The molecule has 0 spiro atoms. The average molecular weight is 884 g/mol. The highest BCUT2D eigenvalue weighted by atomic mass is 16.5. The van der Waals surface area contributed by atoms with Gasteiger partial charge >= 0.3 is 11.9 Å². The predicted octanol–water partition coefficient (Wildman–Crippen LogP) is 15.1. The summed E-state index contributed by atoms with van der Waals surface area (Å²) in [5.41, 5.74) is 0. The summed E-state index contributed by atoms with van der Waals surface area (Å²) in [6.45, 7) is 8.20.